The summed E-state index contributed by atoms with van der Waals surface area (Å²) in [6.45, 7) is 11.8. The van der Waals surface area contributed by atoms with Crippen molar-refractivity contribution in [2.24, 2.45) is 0 Å². The highest BCUT2D eigenvalue weighted by Crippen LogP contribution is 2.19. The topological polar surface area (TPSA) is 70.1 Å². The van der Waals surface area contributed by atoms with Crippen LogP contribution < -0.4 is 15.1 Å². The highest BCUT2D eigenvalue weighted by molar-refractivity contribution is 5.46. The molecule has 1 saturated heterocycles. The van der Waals surface area contributed by atoms with Crippen LogP contribution >= 0.6 is 0 Å². The minimum atomic E-state index is -0.0264. The number of aromatic nitrogens is 4. The van der Waals surface area contributed by atoms with Crippen molar-refractivity contribution in [1.29, 1.82) is 0 Å². The Kier molecular flexibility index (Phi) is 4.51. The Bertz CT molecular complexity index is 673. The lowest BCUT2D eigenvalue weighted by atomic mass is 10.1. The van der Waals surface area contributed by atoms with Gasteiger partial charge in [0.15, 0.2) is 0 Å². The second-order valence-electron chi connectivity index (χ2n) is 7.09. The molecule has 3 rings (SSSR count). The molecule has 1 N–H and O–H groups in total. The van der Waals surface area contributed by atoms with Crippen LogP contribution in [0.25, 0.3) is 0 Å². The highest BCUT2D eigenvalue weighted by atomic mass is 15.4. The molecule has 0 aliphatic carbocycles. The molecule has 0 aromatic carbocycles. The van der Waals surface area contributed by atoms with Crippen LogP contribution in [0.15, 0.2) is 24.5 Å². The van der Waals surface area contributed by atoms with Gasteiger partial charge in [-0.05, 0) is 33.8 Å². The fourth-order valence-electron chi connectivity index (χ4n) is 2.70. The third-order valence-corrected chi connectivity index (χ3v) is 3.74. The van der Waals surface area contributed by atoms with Crippen LogP contribution in [0.1, 0.15) is 26.5 Å². The van der Waals surface area contributed by atoms with Crippen LogP contribution in [0.2, 0.25) is 0 Å². The number of piperazine rings is 1. The molecule has 2 aromatic rings. The molecule has 2 aromatic heterocycles. The first kappa shape index (κ1) is 16.4. The van der Waals surface area contributed by atoms with E-state index in [0.717, 1.165) is 49.6 Å². The number of hydrogen-bond acceptors (Lipinski definition) is 7. The molecule has 0 radical (unpaired) electrons. The van der Waals surface area contributed by atoms with Crippen molar-refractivity contribution in [2.45, 2.75) is 33.2 Å². The van der Waals surface area contributed by atoms with Crippen molar-refractivity contribution >= 4 is 17.7 Å². The lowest BCUT2D eigenvalue weighted by Gasteiger charge is -2.35. The van der Waals surface area contributed by atoms with Crippen LogP contribution in [0.4, 0.5) is 17.7 Å². The number of aryl methyl sites for hydroxylation is 1. The van der Waals surface area contributed by atoms with Crippen molar-refractivity contribution in [3.05, 3.63) is 30.2 Å². The first-order chi connectivity index (χ1) is 11.4. The molecule has 128 valence electrons. The third kappa shape index (κ3) is 4.10. The summed E-state index contributed by atoms with van der Waals surface area (Å²) < 4.78 is 0. The second-order valence-corrected chi connectivity index (χ2v) is 7.09. The second kappa shape index (κ2) is 6.59. The maximum absolute atomic E-state index is 4.69. The van der Waals surface area contributed by atoms with Gasteiger partial charge in [-0.1, -0.05) is 0 Å². The molecular formula is C17H25N7. The average molecular weight is 327 g/mol. The number of hydrogen-bond donors (Lipinski definition) is 1. The Morgan fingerprint density at radius 1 is 0.917 bits per heavy atom. The van der Waals surface area contributed by atoms with E-state index >= 15 is 0 Å². The first-order valence-electron chi connectivity index (χ1n) is 8.31. The molecule has 0 saturated carbocycles. The van der Waals surface area contributed by atoms with Crippen LogP contribution in [-0.2, 0) is 0 Å². The molecular weight excluding hydrogens is 302 g/mol. The van der Waals surface area contributed by atoms with E-state index in [1.807, 2.05) is 19.1 Å². The van der Waals surface area contributed by atoms with Gasteiger partial charge in [-0.2, -0.15) is 4.98 Å². The smallest absolute Gasteiger partial charge is 0.227 e. The largest absolute Gasteiger partial charge is 0.365 e. The maximum atomic E-state index is 4.69. The van der Waals surface area contributed by atoms with E-state index in [-0.39, 0.29) is 5.54 Å². The molecule has 3 heterocycles. The van der Waals surface area contributed by atoms with Crippen molar-refractivity contribution in [2.75, 3.05) is 41.3 Å². The maximum Gasteiger partial charge on any atom is 0.227 e. The van der Waals surface area contributed by atoms with E-state index in [1.165, 1.54) is 0 Å². The Morgan fingerprint density at radius 2 is 1.50 bits per heavy atom. The zero-order valence-corrected chi connectivity index (χ0v) is 14.8. The zero-order valence-electron chi connectivity index (χ0n) is 14.8. The number of nitrogens with zero attached hydrogens (tertiary/aromatic N) is 6. The van der Waals surface area contributed by atoms with E-state index in [9.17, 15) is 0 Å². The summed E-state index contributed by atoms with van der Waals surface area (Å²) in [5, 5.41) is 3.43. The molecule has 0 amide bonds. The summed E-state index contributed by atoms with van der Waals surface area (Å²) in [5.41, 5.74) is 0.946. The van der Waals surface area contributed by atoms with Gasteiger partial charge < -0.3 is 15.1 Å². The van der Waals surface area contributed by atoms with E-state index in [0.29, 0.717) is 0 Å². The summed E-state index contributed by atoms with van der Waals surface area (Å²) in [5.74, 6) is 2.45. The van der Waals surface area contributed by atoms with Gasteiger partial charge in [-0.15, -0.1) is 0 Å². The fraction of sp³-hybridized carbons (Fsp3) is 0.529. The molecule has 1 aliphatic heterocycles. The van der Waals surface area contributed by atoms with E-state index in [4.69, 9.17) is 4.98 Å². The van der Waals surface area contributed by atoms with Gasteiger partial charge in [-0.25, -0.2) is 15.0 Å². The van der Waals surface area contributed by atoms with Gasteiger partial charge in [0.25, 0.3) is 0 Å². The number of rotatable bonds is 3. The van der Waals surface area contributed by atoms with Gasteiger partial charge in [0.2, 0.25) is 11.9 Å². The fourth-order valence-corrected chi connectivity index (χ4v) is 2.70. The summed E-state index contributed by atoms with van der Waals surface area (Å²) in [6.07, 6.45) is 3.56. The van der Waals surface area contributed by atoms with Crippen molar-refractivity contribution in [1.82, 2.24) is 19.9 Å². The van der Waals surface area contributed by atoms with Crippen molar-refractivity contribution in [3.63, 3.8) is 0 Å². The van der Waals surface area contributed by atoms with Gasteiger partial charge in [0, 0.05) is 55.9 Å². The van der Waals surface area contributed by atoms with Gasteiger partial charge in [0.1, 0.15) is 5.82 Å². The SMILES string of the molecule is Cc1cc(NC(C)(C)C)nc(N2CCN(c3ncccn3)CC2)n1. The van der Waals surface area contributed by atoms with Crippen LogP contribution in [0, 0.1) is 6.92 Å². The summed E-state index contributed by atoms with van der Waals surface area (Å²) >= 11 is 0. The third-order valence-electron chi connectivity index (χ3n) is 3.74. The number of nitrogens with one attached hydrogen (secondary N) is 1. The van der Waals surface area contributed by atoms with E-state index < -0.39 is 0 Å². The molecule has 24 heavy (non-hydrogen) atoms. The van der Waals surface area contributed by atoms with Gasteiger partial charge in [-0.3, -0.25) is 0 Å². The molecule has 7 heteroatoms. The number of anilines is 3. The Hall–Kier alpha value is -2.44. The quantitative estimate of drug-likeness (QED) is 0.926. The summed E-state index contributed by atoms with van der Waals surface area (Å²) in [4.78, 5) is 22.4. The van der Waals surface area contributed by atoms with Gasteiger partial charge >= 0.3 is 0 Å². The van der Waals surface area contributed by atoms with E-state index in [2.05, 4.69) is 50.8 Å². The monoisotopic (exact) mass is 327 g/mol. The molecule has 0 unspecified atom stereocenters. The van der Waals surface area contributed by atoms with Crippen molar-refractivity contribution < 1.29 is 0 Å². The Balaban J connectivity index is 1.70. The van der Waals surface area contributed by atoms with Gasteiger partial charge in [0.05, 0.1) is 0 Å². The standard InChI is InChI=1S/C17H25N7/c1-13-12-14(22-17(2,3)4)21-16(20-13)24-10-8-23(9-11-24)15-18-6-5-7-19-15/h5-7,12H,8-11H2,1-4H3,(H,20,21,22). The molecule has 1 fully saturated rings. The predicted octanol–water partition coefficient (Wildman–Crippen LogP) is 2.11. The predicted molar refractivity (Wildman–Crippen MR) is 96.6 cm³/mol. The Morgan fingerprint density at radius 3 is 2.08 bits per heavy atom. The lowest BCUT2D eigenvalue weighted by molar-refractivity contribution is 0.618. The highest BCUT2D eigenvalue weighted by Gasteiger charge is 2.21. The molecule has 0 atom stereocenters. The molecule has 1 aliphatic rings. The molecule has 7 nitrogen and oxygen atoms in total. The van der Waals surface area contributed by atoms with E-state index in [1.54, 1.807) is 12.4 Å². The first-order valence-corrected chi connectivity index (χ1v) is 8.31. The Labute approximate surface area is 143 Å². The summed E-state index contributed by atoms with van der Waals surface area (Å²) in [7, 11) is 0. The zero-order chi connectivity index (χ0) is 17.2. The minimum absolute atomic E-state index is 0.0264. The average Bonchev–Trinajstić information content (AvgIpc) is 2.54. The molecule has 0 bridgehead atoms. The van der Waals surface area contributed by atoms with Crippen LogP contribution in [0.3, 0.4) is 0 Å². The summed E-state index contributed by atoms with van der Waals surface area (Å²) in [6, 6.07) is 3.83. The van der Waals surface area contributed by atoms with Crippen LogP contribution in [-0.4, -0.2) is 51.7 Å². The molecule has 0 spiro atoms. The minimum Gasteiger partial charge on any atom is -0.365 e. The van der Waals surface area contributed by atoms with Crippen molar-refractivity contribution in [3.8, 4) is 0 Å². The normalized spacial score (nSPS) is 15.5. The van der Waals surface area contributed by atoms with Crippen LogP contribution in [0.5, 0.6) is 0 Å². The lowest BCUT2D eigenvalue weighted by Crippen LogP contribution is -2.47.